The Hall–Kier alpha value is -1.76. The van der Waals surface area contributed by atoms with Crippen LogP contribution in [0.2, 0.25) is 0 Å². The normalized spacial score (nSPS) is 21.7. The molecule has 0 radical (unpaired) electrons. The first-order valence-electron chi connectivity index (χ1n) is 8.96. The summed E-state index contributed by atoms with van der Waals surface area (Å²) in [7, 11) is 2.22. The molecule has 2 aromatic rings. The van der Waals surface area contributed by atoms with Gasteiger partial charge in [0.15, 0.2) is 0 Å². The highest BCUT2D eigenvalue weighted by Crippen LogP contribution is 2.31. The molecule has 2 aliphatic rings. The molecule has 2 aliphatic heterocycles. The van der Waals surface area contributed by atoms with E-state index in [9.17, 15) is 4.39 Å². The molecule has 2 fully saturated rings. The summed E-state index contributed by atoms with van der Waals surface area (Å²) < 4.78 is 21.3. The van der Waals surface area contributed by atoms with Crippen molar-refractivity contribution in [2.75, 3.05) is 39.9 Å². The standard InChI is InChI=1S/C19H25FN4O/c1-22-9-10-23(15-19(22)5-11-25-12-6-19)14-16-13-17(20)3-4-18(16)24-8-2-7-21-24/h2-4,7-8,13H,5-6,9-12,14-15H2,1H3. The van der Waals surface area contributed by atoms with Crippen molar-refractivity contribution in [3.63, 3.8) is 0 Å². The lowest BCUT2D eigenvalue weighted by atomic mass is 9.86. The van der Waals surface area contributed by atoms with Gasteiger partial charge in [-0.25, -0.2) is 9.07 Å². The molecule has 1 aromatic carbocycles. The zero-order valence-electron chi connectivity index (χ0n) is 14.7. The van der Waals surface area contributed by atoms with E-state index in [1.165, 1.54) is 6.07 Å². The highest BCUT2D eigenvalue weighted by Gasteiger charge is 2.40. The molecule has 6 heteroatoms. The number of rotatable bonds is 3. The van der Waals surface area contributed by atoms with Gasteiger partial charge in [0.05, 0.1) is 5.69 Å². The molecule has 25 heavy (non-hydrogen) atoms. The maximum atomic E-state index is 13.9. The van der Waals surface area contributed by atoms with E-state index in [4.69, 9.17) is 4.74 Å². The summed E-state index contributed by atoms with van der Waals surface area (Å²) in [4.78, 5) is 4.94. The van der Waals surface area contributed by atoms with Gasteiger partial charge in [-0.3, -0.25) is 9.80 Å². The van der Waals surface area contributed by atoms with E-state index in [0.717, 1.165) is 63.5 Å². The van der Waals surface area contributed by atoms with Crippen molar-refractivity contribution in [2.24, 2.45) is 0 Å². The minimum absolute atomic E-state index is 0.190. The molecule has 5 nitrogen and oxygen atoms in total. The van der Waals surface area contributed by atoms with Crippen molar-refractivity contribution in [2.45, 2.75) is 24.9 Å². The average molecular weight is 344 g/mol. The molecule has 4 rings (SSSR count). The van der Waals surface area contributed by atoms with Gasteiger partial charge in [-0.15, -0.1) is 0 Å². The van der Waals surface area contributed by atoms with E-state index in [2.05, 4.69) is 21.9 Å². The number of piperazine rings is 1. The first-order chi connectivity index (χ1) is 12.2. The molecular formula is C19H25FN4O. The second-order valence-electron chi connectivity index (χ2n) is 7.19. The molecule has 2 saturated heterocycles. The topological polar surface area (TPSA) is 33.5 Å². The third-order valence-electron chi connectivity index (χ3n) is 5.69. The minimum atomic E-state index is -0.194. The van der Waals surface area contributed by atoms with Crippen molar-refractivity contribution in [3.05, 3.63) is 48.0 Å². The predicted molar refractivity (Wildman–Crippen MR) is 94.2 cm³/mol. The number of hydrogen-bond donors (Lipinski definition) is 0. The van der Waals surface area contributed by atoms with Gasteiger partial charge < -0.3 is 4.74 Å². The molecule has 0 aliphatic carbocycles. The summed E-state index contributed by atoms with van der Waals surface area (Å²) in [6.45, 7) is 5.43. The van der Waals surface area contributed by atoms with Gasteiger partial charge >= 0.3 is 0 Å². The maximum Gasteiger partial charge on any atom is 0.123 e. The lowest BCUT2D eigenvalue weighted by Crippen LogP contribution is -2.62. The van der Waals surface area contributed by atoms with E-state index in [1.54, 1.807) is 12.3 Å². The van der Waals surface area contributed by atoms with E-state index in [0.29, 0.717) is 0 Å². The molecule has 0 bridgehead atoms. The van der Waals surface area contributed by atoms with Crippen LogP contribution in [0.1, 0.15) is 18.4 Å². The number of aromatic nitrogens is 2. The number of likely N-dealkylation sites (N-methyl/N-ethyl adjacent to an activating group) is 1. The highest BCUT2D eigenvalue weighted by atomic mass is 19.1. The zero-order valence-corrected chi connectivity index (χ0v) is 14.7. The fourth-order valence-corrected chi connectivity index (χ4v) is 4.13. The van der Waals surface area contributed by atoms with E-state index >= 15 is 0 Å². The largest absolute Gasteiger partial charge is 0.381 e. The second-order valence-corrected chi connectivity index (χ2v) is 7.19. The van der Waals surface area contributed by atoms with Crippen LogP contribution in [0.4, 0.5) is 4.39 Å². The van der Waals surface area contributed by atoms with Gasteiger partial charge in [-0.05, 0) is 49.7 Å². The van der Waals surface area contributed by atoms with Crippen molar-refractivity contribution in [1.29, 1.82) is 0 Å². The summed E-state index contributed by atoms with van der Waals surface area (Å²) in [5.41, 5.74) is 2.12. The van der Waals surface area contributed by atoms with Crippen molar-refractivity contribution in [1.82, 2.24) is 19.6 Å². The molecule has 0 atom stereocenters. The maximum absolute atomic E-state index is 13.9. The monoisotopic (exact) mass is 344 g/mol. The third kappa shape index (κ3) is 3.34. The Morgan fingerprint density at radius 2 is 2.08 bits per heavy atom. The fraction of sp³-hybridized carbons (Fsp3) is 0.526. The Labute approximate surface area is 148 Å². The Balaban J connectivity index is 1.57. The predicted octanol–water partition coefficient (Wildman–Crippen LogP) is 2.31. The molecule has 0 amide bonds. The minimum Gasteiger partial charge on any atom is -0.381 e. The molecule has 1 spiro atoms. The fourth-order valence-electron chi connectivity index (χ4n) is 4.13. The molecule has 3 heterocycles. The van der Waals surface area contributed by atoms with Gasteiger partial charge in [-0.2, -0.15) is 5.10 Å². The van der Waals surface area contributed by atoms with Crippen molar-refractivity contribution >= 4 is 0 Å². The van der Waals surface area contributed by atoms with E-state index in [-0.39, 0.29) is 11.4 Å². The van der Waals surface area contributed by atoms with Crippen LogP contribution in [0.25, 0.3) is 5.69 Å². The van der Waals surface area contributed by atoms with Crippen LogP contribution in [0, 0.1) is 5.82 Å². The Morgan fingerprint density at radius 1 is 1.24 bits per heavy atom. The quantitative estimate of drug-likeness (QED) is 0.856. The van der Waals surface area contributed by atoms with Crippen molar-refractivity contribution in [3.8, 4) is 5.69 Å². The number of nitrogens with zero attached hydrogens (tertiary/aromatic N) is 4. The van der Waals surface area contributed by atoms with Crippen LogP contribution in [0.5, 0.6) is 0 Å². The summed E-state index contributed by atoms with van der Waals surface area (Å²) in [5.74, 6) is -0.194. The van der Waals surface area contributed by atoms with Gasteiger partial charge in [0.1, 0.15) is 5.82 Å². The molecule has 0 unspecified atom stereocenters. The van der Waals surface area contributed by atoms with Gasteiger partial charge in [0.25, 0.3) is 0 Å². The summed E-state index contributed by atoms with van der Waals surface area (Å²) >= 11 is 0. The number of benzene rings is 1. The first-order valence-corrected chi connectivity index (χ1v) is 8.96. The summed E-state index contributed by atoms with van der Waals surface area (Å²) in [6.07, 6.45) is 5.78. The number of hydrogen-bond acceptors (Lipinski definition) is 4. The lowest BCUT2D eigenvalue weighted by molar-refractivity contribution is -0.0625. The van der Waals surface area contributed by atoms with E-state index < -0.39 is 0 Å². The van der Waals surface area contributed by atoms with E-state index in [1.807, 2.05) is 23.0 Å². The lowest BCUT2D eigenvalue weighted by Gasteiger charge is -2.51. The summed E-state index contributed by atoms with van der Waals surface area (Å²) in [5, 5.41) is 4.32. The summed E-state index contributed by atoms with van der Waals surface area (Å²) in [6, 6.07) is 6.86. The third-order valence-corrected chi connectivity index (χ3v) is 5.69. The number of ether oxygens (including phenoxy) is 1. The van der Waals surface area contributed by atoms with Gasteiger partial charge in [0.2, 0.25) is 0 Å². The molecule has 1 aromatic heterocycles. The van der Waals surface area contributed by atoms with Gasteiger partial charge in [0, 0.05) is 57.3 Å². The molecule has 0 saturated carbocycles. The van der Waals surface area contributed by atoms with Crippen LogP contribution in [-0.2, 0) is 11.3 Å². The smallest absolute Gasteiger partial charge is 0.123 e. The van der Waals surface area contributed by atoms with Crippen LogP contribution in [-0.4, -0.2) is 65.0 Å². The first kappa shape index (κ1) is 16.7. The van der Waals surface area contributed by atoms with Crippen LogP contribution in [0.3, 0.4) is 0 Å². The molecule has 134 valence electrons. The Kier molecular flexibility index (Phi) is 4.58. The van der Waals surface area contributed by atoms with Crippen LogP contribution < -0.4 is 0 Å². The Bertz CT molecular complexity index is 712. The number of halogens is 1. The Morgan fingerprint density at radius 3 is 2.84 bits per heavy atom. The molecular weight excluding hydrogens is 319 g/mol. The molecule has 0 N–H and O–H groups in total. The van der Waals surface area contributed by atoms with Crippen molar-refractivity contribution < 1.29 is 9.13 Å². The van der Waals surface area contributed by atoms with Crippen LogP contribution in [0.15, 0.2) is 36.7 Å². The average Bonchev–Trinajstić information content (AvgIpc) is 3.14. The highest BCUT2D eigenvalue weighted by molar-refractivity contribution is 5.40. The zero-order chi connectivity index (χ0) is 17.3. The van der Waals surface area contributed by atoms with Crippen LogP contribution >= 0.6 is 0 Å². The van der Waals surface area contributed by atoms with Gasteiger partial charge in [-0.1, -0.05) is 0 Å². The second kappa shape index (κ2) is 6.86. The SMILES string of the molecule is CN1CCN(Cc2cc(F)ccc2-n2cccn2)CC12CCOCC2.